The summed E-state index contributed by atoms with van der Waals surface area (Å²) in [6, 6.07) is 4.62. The highest BCUT2D eigenvalue weighted by atomic mass is 32.2. The molecule has 0 aromatic heterocycles. The van der Waals surface area contributed by atoms with Gasteiger partial charge in [-0.15, -0.1) is 0 Å². The number of ether oxygens (including phenoxy) is 3. The number of piperidine rings is 1. The van der Waals surface area contributed by atoms with E-state index >= 15 is 0 Å². The predicted octanol–water partition coefficient (Wildman–Crippen LogP) is 1.43. The zero-order chi connectivity index (χ0) is 23.4. The van der Waals surface area contributed by atoms with Gasteiger partial charge in [-0.2, -0.15) is 4.31 Å². The average molecular weight is 482 g/mol. The van der Waals surface area contributed by atoms with Crippen molar-refractivity contribution < 1.29 is 27.4 Å². The lowest BCUT2D eigenvalue weighted by Gasteiger charge is -2.38. The minimum Gasteiger partial charge on any atom is -0.493 e. The van der Waals surface area contributed by atoms with Crippen molar-refractivity contribution in [3.63, 3.8) is 0 Å². The number of amides is 1. The fraction of sp³-hybridized carbons (Fsp3) is 0.696. The number of rotatable bonds is 7. The third-order valence-electron chi connectivity index (χ3n) is 6.97. The van der Waals surface area contributed by atoms with Crippen molar-refractivity contribution in [1.29, 1.82) is 0 Å². The molecule has 0 saturated carbocycles. The Balaban J connectivity index is 1.29. The van der Waals surface area contributed by atoms with Gasteiger partial charge in [-0.3, -0.25) is 9.69 Å². The molecule has 0 spiro atoms. The van der Waals surface area contributed by atoms with Crippen LogP contribution >= 0.6 is 0 Å². The van der Waals surface area contributed by atoms with Crippen molar-refractivity contribution in [2.75, 3.05) is 66.6 Å². The van der Waals surface area contributed by atoms with Gasteiger partial charge in [0.05, 0.1) is 25.2 Å². The van der Waals surface area contributed by atoms with Crippen LogP contribution in [0, 0.1) is 5.92 Å². The van der Waals surface area contributed by atoms with Crippen molar-refractivity contribution >= 4 is 15.9 Å². The number of hydrogen-bond donors (Lipinski definition) is 0. The van der Waals surface area contributed by atoms with Crippen LogP contribution in [0.5, 0.6) is 11.5 Å². The van der Waals surface area contributed by atoms with Crippen molar-refractivity contribution in [3.05, 3.63) is 18.2 Å². The van der Waals surface area contributed by atoms with Crippen LogP contribution in [0.1, 0.15) is 25.7 Å². The first-order valence-corrected chi connectivity index (χ1v) is 13.2. The first-order chi connectivity index (χ1) is 15.9. The van der Waals surface area contributed by atoms with Crippen LogP contribution in [-0.4, -0.2) is 101 Å². The molecule has 184 valence electrons. The minimum absolute atomic E-state index is 0.119. The normalized spacial score (nSPS) is 23.6. The molecule has 3 saturated heterocycles. The highest BCUT2D eigenvalue weighted by Crippen LogP contribution is 2.32. The van der Waals surface area contributed by atoms with Crippen LogP contribution < -0.4 is 9.47 Å². The van der Waals surface area contributed by atoms with E-state index in [-0.39, 0.29) is 16.7 Å². The smallest absolute Gasteiger partial charge is 0.243 e. The fourth-order valence-corrected chi connectivity index (χ4v) is 6.44. The van der Waals surface area contributed by atoms with Gasteiger partial charge in [0.2, 0.25) is 15.9 Å². The molecule has 1 aromatic carbocycles. The van der Waals surface area contributed by atoms with Gasteiger partial charge in [0.15, 0.2) is 11.5 Å². The summed E-state index contributed by atoms with van der Waals surface area (Å²) in [6.07, 6.45) is 3.69. The van der Waals surface area contributed by atoms with Gasteiger partial charge in [0, 0.05) is 64.4 Å². The van der Waals surface area contributed by atoms with Gasteiger partial charge in [0.1, 0.15) is 0 Å². The lowest BCUT2D eigenvalue weighted by molar-refractivity contribution is -0.138. The van der Waals surface area contributed by atoms with E-state index in [0.717, 1.165) is 52.2 Å². The summed E-state index contributed by atoms with van der Waals surface area (Å²) >= 11 is 0. The highest BCUT2D eigenvalue weighted by Gasteiger charge is 2.35. The number of piperazine rings is 1. The Morgan fingerprint density at radius 1 is 1.00 bits per heavy atom. The maximum absolute atomic E-state index is 13.1. The first kappa shape index (κ1) is 24.3. The second kappa shape index (κ2) is 10.6. The van der Waals surface area contributed by atoms with E-state index in [9.17, 15) is 13.2 Å². The summed E-state index contributed by atoms with van der Waals surface area (Å²) in [5.74, 6) is 0.903. The molecule has 3 fully saturated rings. The summed E-state index contributed by atoms with van der Waals surface area (Å²) in [4.78, 5) is 17.6. The fourth-order valence-electron chi connectivity index (χ4n) is 4.95. The molecular formula is C23H35N3O6S. The van der Waals surface area contributed by atoms with Crippen LogP contribution in [0.2, 0.25) is 0 Å². The third kappa shape index (κ3) is 5.45. The van der Waals surface area contributed by atoms with E-state index < -0.39 is 10.0 Å². The molecule has 10 heteroatoms. The summed E-state index contributed by atoms with van der Waals surface area (Å²) in [7, 11) is -0.667. The molecule has 0 aliphatic carbocycles. The molecule has 4 rings (SSSR count). The van der Waals surface area contributed by atoms with Crippen molar-refractivity contribution in [3.8, 4) is 11.5 Å². The Kier molecular flexibility index (Phi) is 7.78. The van der Waals surface area contributed by atoms with Gasteiger partial charge in [-0.25, -0.2) is 8.42 Å². The van der Waals surface area contributed by atoms with Gasteiger partial charge in [0.25, 0.3) is 0 Å². The van der Waals surface area contributed by atoms with Crippen LogP contribution in [-0.2, 0) is 19.6 Å². The van der Waals surface area contributed by atoms with Crippen molar-refractivity contribution in [2.24, 2.45) is 5.92 Å². The quantitative estimate of drug-likeness (QED) is 0.582. The lowest BCUT2D eigenvalue weighted by atomic mass is 9.96. The molecule has 3 aliphatic heterocycles. The Morgan fingerprint density at radius 2 is 1.70 bits per heavy atom. The van der Waals surface area contributed by atoms with Crippen LogP contribution in [0.25, 0.3) is 0 Å². The van der Waals surface area contributed by atoms with E-state index in [4.69, 9.17) is 14.2 Å². The molecule has 33 heavy (non-hydrogen) atoms. The second-order valence-corrected chi connectivity index (χ2v) is 10.9. The van der Waals surface area contributed by atoms with Gasteiger partial charge in [-0.05, 0) is 37.8 Å². The van der Waals surface area contributed by atoms with E-state index in [1.54, 1.807) is 6.07 Å². The Labute approximate surface area is 196 Å². The number of methoxy groups -OCH3 is 2. The molecule has 9 nitrogen and oxygen atoms in total. The van der Waals surface area contributed by atoms with E-state index in [2.05, 4.69) is 4.90 Å². The Bertz CT molecular complexity index is 918. The molecule has 1 unspecified atom stereocenters. The third-order valence-corrected chi connectivity index (χ3v) is 8.86. The minimum atomic E-state index is -3.66. The van der Waals surface area contributed by atoms with Gasteiger partial charge < -0.3 is 19.1 Å². The summed E-state index contributed by atoms with van der Waals surface area (Å²) in [5, 5.41) is 0. The molecule has 0 radical (unpaired) electrons. The topological polar surface area (TPSA) is 88.6 Å². The number of nitrogens with zero attached hydrogens (tertiary/aromatic N) is 3. The maximum Gasteiger partial charge on any atom is 0.243 e. The van der Waals surface area contributed by atoms with Crippen LogP contribution in [0.3, 0.4) is 0 Å². The van der Waals surface area contributed by atoms with E-state index in [1.807, 2.05) is 4.90 Å². The molecule has 1 aromatic rings. The monoisotopic (exact) mass is 481 g/mol. The zero-order valence-electron chi connectivity index (χ0n) is 19.6. The first-order valence-electron chi connectivity index (χ1n) is 11.8. The molecule has 1 atom stereocenters. The molecule has 3 aliphatic rings. The molecule has 0 N–H and O–H groups in total. The summed E-state index contributed by atoms with van der Waals surface area (Å²) in [6.45, 7) is 5.71. The maximum atomic E-state index is 13.1. The molecule has 1 amide bonds. The van der Waals surface area contributed by atoms with Gasteiger partial charge in [-0.1, -0.05) is 0 Å². The zero-order valence-corrected chi connectivity index (χ0v) is 20.4. The summed E-state index contributed by atoms with van der Waals surface area (Å²) < 4.78 is 43.9. The van der Waals surface area contributed by atoms with Gasteiger partial charge >= 0.3 is 0 Å². The Hall–Kier alpha value is -1.88. The van der Waals surface area contributed by atoms with Crippen molar-refractivity contribution in [1.82, 2.24) is 14.1 Å². The molecular weight excluding hydrogens is 446 g/mol. The van der Waals surface area contributed by atoms with Crippen molar-refractivity contribution in [2.45, 2.75) is 36.7 Å². The number of carbonyl (C=O) groups is 1. The second-order valence-electron chi connectivity index (χ2n) is 8.96. The molecule has 3 heterocycles. The SMILES string of the molecule is COc1ccc(S(=O)(=O)N2CCC(C(=O)N3CCN(CC4CCCO4)CC3)CC2)cc1OC. The van der Waals surface area contributed by atoms with E-state index in [0.29, 0.717) is 43.5 Å². The number of hydrogen-bond acceptors (Lipinski definition) is 7. The van der Waals surface area contributed by atoms with Crippen LogP contribution in [0.4, 0.5) is 0 Å². The predicted molar refractivity (Wildman–Crippen MR) is 123 cm³/mol. The van der Waals surface area contributed by atoms with Crippen LogP contribution in [0.15, 0.2) is 23.1 Å². The number of sulfonamides is 1. The lowest BCUT2D eigenvalue weighted by Crippen LogP contribution is -2.53. The average Bonchev–Trinajstić information content (AvgIpc) is 3.36. The van der Waals surface area contributed by atoms with E-state index in [1.165, 1.54) is 30.7 Å². The number of carbonyl (C=O) groups excluding carboxylic acids is 1. The number of benzene rings is 1. The largest absolute Gasteiger partial charge is 0.493 e. The standard InChI is InChI=1S/C23H35N3O6S/c1-30-21-6-5-20(16-22(21)31-2)33(28,29)26-9-7-18(8-10-26)23(27)25-13-11-24(12-14-25)17-19-4-3-15-32-19/h5-6,16,18-19H,3-4,7-15,17H2,1-2H3. The summed E-state index contributed by atoms with van der Waals surface area (Å²) in [5.41, 5.74) is 0. The Morgan fingerprint density at radius 3 is 2.30 bits per heavy atom. The highest BCUT2D eigenvalue weighted by molar-refractivity contribution is 7.89. The molecule has 0 bridgehead atoms.